The fourth-order valence-corrected chi connectivity index (χ4v) is 3.77. The van der Waals surface area contributed by atoms with Crippen molar-refractivity contribution >= 4 is 38.9 Å². The fourth-order valence-electron chi connectivity index (χ4n) is 2.54. The quantitative estimate of drug-likeness (QED) is 0.564. The summed E-state index contributed by atoms with van der Waals surface area (Å²) in [7, 11) is -3.86. The molecule has 0 aliphatic carbocycles. The van der Waals surface area contributed by atoms with Crippen molar-refractivity contribution in [1.82, 2.24) is 0 Å². The molecular formula is C21H19ClN2O4S. The van der Waals surface area contributed by atoms with Gasteiger partial charge in [-0.3, -0.25) is 9.52 Å². The molecule has 0 bridgehead atoms. The van der Waals surface area contributed by atoms with Gasteiger partial charge in [0, 0.05) is 22.0 Å². The van der Waals surface area contributed by atoms with Crippen molar-refractivity contribution in [2.45, 2.75) is 11.8 Å². The normalized spacial score (nSPS) is 11.0. The van der Waals surface area contributed by atoms with Crippen LogP contribution >= 0.6 is 11.6 Å². The zero-order valence-corrected chi connectivity index (χ0v) is 17.1. The molecule has 29 heavy (non-hydrogen) atoms. The van der Waals surface area contributed by atoms with E-state index in [-0.39, 0.29) is 10.5 Å². The van der Waals surface area contributed by atoms with Gasteiger partial charge in [0.25, 0.3) is 15.9 Å². The van der Waals surface area contributed by atoms with Crippen LogP contribution in [0.5, 0.6) is 5.75 Å². The summed E-state index contributed by atoms with van der Waals surface area (Å²) in [6, 6.07) is 19.0. The zero-order chi connectivity index (χ0) is 20.9. The molecule has 150 valence electrons. The molecule has 0 heterocycles. The predicted octanol–water partition coefficient (Wildman–Crippen LogP) is 4.79. The Morgan fingerprint density at radius 3 is 2.28 bits per heavy atom. The molecule has 0 aromatic heterocycles. The van der Waals surface area contributed by atoms with Gasteiger partial charge in [-0.25, -0.2) is 8.42 Å². The molecule has 3 rings (SSSR count). The Bertz CT molecular complexity index is 1100. The third kappa shape index (κ3) is 5.49. The Labute approximate surface area is 174 Å². The molecule has 3 aromatic rings. The van der Waals surface area contributed by atoms with Gasteiger partial charge in [-0.05, 0) is 73.7 Å². The standard InChI is InChI=1S/C21H19ClN2O4S/c1-2-28-19-12-10-17(11-13-19)23-21(25)15-4-3-5-20(14-15)29(26,27)24-18-8-6-16(22)7-9-18/h3-14,24H,2H2,1H3,(H,23,25). The molecule has 0 aliphatic rings. The monoisotopic (exact) mass is 430 g/mol. The lowest BCUT2D eigenvalue weighted by Gasteiger charge is -2.10. The molecular weight excluding hydrogens is 412 g/mol. The van der Waals surface area contributed by atoms with Crippen molar-refractivity contribution in [2.24, 2.45) is 0 Å². The highest BCUT2D eigenvalue weighted by atomic mass is 35.5. The highest BCUT2D eigenvalue weighted by Crippen LogP contribution is 2.20. The minimum atomic E-state index is -3.86. The van der Waals surface area contributed by atoms with Crippen LogP contribution in [0.1, 0.15) is 17.3 Å². The maximum atomic E-state index is 12.6. The van der Waals surface area contributed by atoms with Crippen molar-refractivity contribution in [3.8, 4) is 5.75 Å². The van der Waals surface area contributed by atoms with Crippen LogP contribution in [-0.2, 0) is 10.0 Å². The lowest BCUT2D eigenvalue weighted by Crippen LogP contribution is -2.16. The third-order valence-corrected chi connectivity index (χ3v) is 5.56. The van der Waals surface area contributed by atoms with E-state index in [4.69, 9.17) is 16.3 Å². The molecule has 6 nitrogen and oxygen atoms in total. The van der Waals surface area contributed by atoms with Crippen molar-refractivity contribution in [3.63, 3.8) is 0 Å². The summed E-state index contributed by atoms with van der Waals surface area (Å²) >= 11 is 5.82. The maximum Gasteiger partial charge on any atom is 0.261 e. The highest BCUT2D eigenvalue weighted by Gasteiger charge is 2.17. The molecule has 3 aromatic carbocycles. The van der Waals surface area contributed by atoms with E-state index in [1.807, 2.05) is 6.92 Å². The first-order valence-corrected chi connectivity index (χ1v) is 10.7. The van der Waals surface area contributed by atoms with Gasteiger partial charge >= 0.3 is 0 Å². The lowest BCUT2D eigenvalue weighted by atomic mass is 10.2. The van der Waals surface area contributed by atoms with E-state index in [1.165, 1.54) is 18.2 Å². The molecule has 2 N–H and O–H groups in total. The van der Waals surface area contributed by atoms with Gasteiger partial charge in [0.05, 0.1) is 11.5 Å². The van der Waals surface area contributed by atoms with E-state index in [9.17, 15) is 13.2 Å². The number of benzene rings is 3. The van der Waals surface area contributed by atoms with Crippen LogP contribution in [0.15, 0.2) is 77.7 Å². The van der Waals surface area contributed by atoms with Crippen LogP contribution < -0.4 is 14.8 Å². The van der Waals surface area contributed by atoms with E-state index in [0.717, 1.165) is 0 Å². The average molecular weight is 431 g/mol. The topological polar surface area (TPSA) is 84.5 Å². The van der Waals surface area contributed by atoms with Gasteiger partial charge in [-0.1, -0.05) is 17.7 Å². The van der Waals surface area contributed by atoms with Crippen LogP contribution in [-0.4, -0.2) is 20.9 Å². The summed E-state index contributed by atoms with van der Waals surface area (Å²) < 4.78 is 33.1. The fraction of sp³-hybridized carbons (Fsp3) is 0.0952. The molecule has 1 amide bonds. The number of hydrogen-bond donors (Lipinski definition) is 2. The van der Waals surface area contributed by atoms with Crippen molar-refractivity contribution < 1.29 is 17.9 Å². The maximum absolute atomic E-state index is 12.6. The summed E-state index contributed by atoms with van der Waals surface area (Å²) in [5.74, 6) is 0.282. The van der Waals surface area contributed by atoms with Crippen molar-refractivity contribution in [2.75, 3.05) is 16.6 Å². The minimum absolute atomic E-state index is 0.0215. The van der Waals surface area contributed by atoms with Gasteiger partial charge in [0.15, 0.2) is 0 Å². The largest absolute Gasteiger partial charge is 0.494 e. The van der Waals surface area contributed by atoms with Gasteiger partial charge < -0.3 is 10.1 Å². The highest BCUT2D eigenvalue weighted by molar-refractivity contribution is 7.92. The summed E-state index contributed by atoms with van der Waals surface area (Å²) in [5.41, 5.74) is 1.17. The van der Waals surface area contributed by atoms with Crippen LogP contribution in [0.3, 0.4) is 0 Å². The first kappa shape index (κ1) is 20.7. The number of anilines is 2. The van der Waals surface area contributed by atoms with Crippen molar-refractivity contribution in [3.05, 3.63) is 83.4 Å². The predicted molar refractivity (Wildman–Crippen MR) is 114 cm³/mol. The van der Waals surface area contributed by atoms with Gasteiger partial charge in [0.2, 0.25) is 0 Å². The number of hydrogen-bond acceptors (Lipinski definition) is 4. The van der Waals surface area contributed by atoms with Crippen LogP contribution in [0, 0.1) is 0 Å². The molecule has 0 atom stereocenters. The summed E-state index contributed by atoms with van der Waals surface area (Å²) in [6.07, 6.45) is 0. The number of amides is 1. The second-order valence-corrected chi connectivity index (χ2v) is 8.17. The molecule has 0 spiro atoms. The number of rotatable bonds is 7. The first-order valence-electron chi connectivity index (χ1n) is 8.80. The van der Waals surface area contributed by atoms with Crippen LogP contribution in [0.2, 0.25) is 5.02 Å². The Morgan fingerprint density at radius 2 is 1.62 bits per heavy atom. The van der Waals surface area contributed by atoms with E-state index in [1.54, 1.807) is 54.6 Å². The van der Waals surface area contributed by atoms with Gasteiger partial charge in [0.1, 0.15) is 5.75 Å². The molecule has 8 heteroatoms. The van der Waals surface area contributed by atoms with Gasteiger partial charge in [-0.2, -0.15) is 0 Å². The molecule has 0 radical (unpaired) electrons. The number of halogens is 1. The number of sulfonamides is 1. The smallest absolute Gasteiger partial charge is 0.261 e. The SMILES string of the molecule is CCOc1ccc(NC(=O)c2cccc(S(=O)(=O)Nc3ccc(Cl)cc3)c2)cc1. The second kappa shape index (κ2) is 8.98. The summed E-state index contributed by atoms with van der Waals surface area (Å²) in [5, 5.41) is 3.24. The minimum Gasteiger partial charge on any atom is -0.494 e. The van der Waals surface area contributed by atoms with Crippen LogP contribution in [0.25, 0.3) is 0 Å². The first-order chi connectivity index (χ1) is 13.9. The van der Waals surface area contributed by atoms with E-state index >= 15 is 0 Å². The molecule has 0 saturated carbocycles. The summed E-state index contributed by atoms with van der Waals surface area (Å²) in [4.78, 5) is 12.5. The van der Waals surface area contributed by atoms with E-state index in [0.29, 0.717) is 28.8 Å². The van der Waals surface area contributed by atoms with E-state index < -0.39 is 15.9 Å². The Hall–Kier alpha value is -3.03. The Morgan fingerprint density at radius 1 is 0.966 bits per heavy atom. The number of carbonyl (C=O) groups is 1. The molecule has 0 saturated heterocycles. The number of carbonyl (C=O) groups excluding carboxylic acids is 1. The third-order valence-electron chi connectivity index (χ3n) is 3.93. The second-order valence-electron chi connectivity index (χ2n) is 6.05. The number of ether oxygens (including phenoxy) is 1. The lowest BCUT2D eigenvalue weighted by molar-refractivity contribution is 0.102. The van der Waals surface area contributed by atoms with Crippen molar-refractivity contribution in [1.29, 1.82) is 0 Å². The average Bonchev–Trinajstić information content (AvgIpc) is 2.71. The molecule has 0 aliphatic heterocycles. The number of nitrogens with one attached hydrogen (secondary N) is 2. The summed E-state index contributed by atoms with van der Waals surface area (Å²) in [6.45, 7) is 2.44. The van der Waals surface area contributed by atoms with E-state index in [2.05, 4.69) is 10.0 Å². The molecule has 0 unspecified atom stereocenters. The zero-order valence-electron chi connectivity index (χ0n) is 15.6. The van der Waals surface area contributed by atoms with Gasteiger partial charge in [-0.15, -0.1) is 0 Å². The Balaban J connectivity index is 1.75. The molecule has 0 fully saturated rings. The Kier molecular flexibility index (Phi) is 6.41. The van der Waals surface area contributed by atoms with Crippen LogP contribution in [0.4, 0.5) is 11.4 Å².